The molecule has 2 N–H and O–H groups in total. The quantitative estimate of drug-likeness (QED) is 0.718. The summed E-state index contributed by atoms with van der Waals surface area (Å²) < 4.78 is 44.8. The van der Waals surface area contributed by atoms with Crippen LogP contribution in [0.3, 0.4) is 0 Å². The van der Waals surface area contributed by atoms with Crippen molar-refractivity contribution in [3.63, 3.8) is 0 Å². The SMILES string of the molecule is Cc1ccc(CN2CCNC(=O)C2CC(=O)NCCc2ccccc2C(F)(F)F)o1. The van der Waals surface area contributed by atoms with E-state index in [9.17, 15) is 22.8 Å². The van der Waals surface area contributed by atoms with Crippen LogP contribution in [0.1, 0.15) is 29.1 Å². The van der Waals surface area contributed by atoms with Crippen molar-refractivity contribution in [1.82, 2.24) is 15.5 Å². The number of nitrogens with one attached hydrogen (secondary N) is 2. The largest absolute Gasteiger partial charge is 0.465 e. The van der Waals surface area contributed by atoms with Gasteiger partial charge in [0.1, 0.15) is 11.5 Å². The summed E-state index contributed by atoms with van der Waals surface area (Å²) in [6.07, 6.45) is -4.47. The van der Waals surface area contributed by atoms with Crippen LogP contribution in [0, 0.1) is 6.92 Å². The first-order valence-corrected chi connectivity index (χ1v) is 9.73. The third-order valence-corrected chi connectivity index (χ3v) is 5.01. The van der Waals surface area contributed by atoms with E-state index in [-0.39, 0.29) is 36.8 Å². The molecule has 3 rings (SSSR count). The van der Waals surface area contributed by atoms with E-state index in [0.717, 1.165) is 11.8 Å². The van der Waals surface area contributed by atoms with E-state index in [1.54, 1.807) is 0 Å². The van der Waals surface area contributed by atoms with Crippen LogP contribution < -0.4 is 10.6 Å². The van der Waals surface area contributed by atoms with Gasteiger partial charge in [-0.25, -0.2) is 0 Å². The molecule has 162 valence electrons. The summed E-state index contributed by atoms with van der Waals surface area (Å²) in [5.74, 6) is 0.834. The average Bonchev–Trinajstić information content (AvgIpc) is 3.09. The third kappa shape index (κ3) is 5.63. The lowest BCUT2D eigenvalue weighted by atomic mass is 10.0. The first kappa shape index (κ1) is 21.9. The van der Waals surface area contributed by atoms with Crippen molar-refractivity contribution in [3.05, 3.63) is 59.0 Å². The Morgan fingerprint density at radius 3 is 2.73 bits per heavy atom. The Labute approximate surface area is 172 Å². The summed E-state index contributed by atoms with van der Waals surface area (Å²) in [5.41, 5.74) is -0.582. The molecular formula is C21H24F3N3O3. The van der Waals surface area contributed by atoms with Crippen LogP contribution in [-0.4, -0.2) is 42.4 Å². The minimum absolute atomic E-state index is 0.0493. The lowest BCUT2D eigenvalue weighted by molar-refractivity contribution is -0.138. The summed E-state index contributed by atoms with van der Waals surface area (Å²) >= 11 is 0. The second-order valence-corrected chi connectivity index (χ2v) is 7.25. The van der Waals surface area contributed by atoms with Gasteiger partial charge in [-0.3, -0.25) is 14.5 Å². The van der Waals surface area contributed by atoms with E-state index < -0.39 is 17.8 Å². The van der Waals surface area contributed by atoms with Crippen molar-refractivity contribution >= 4 is 11.8 Å². The summed E-state index contributed by atoms with van der Waals surface area (Å²) in [7, 11) is 0. The van der Waals surface area contributed by atoms with Crippen molar-refractivity contribution in [2.75, 3.05) is 19.6 Å². The van der Waals surface area contributed by atoms with Crippen LogP contribution in [0.2, 0.25) is 0 Å². The fourth-order valence-electron chi connectivity index (χ4n) is 3.54. The van der Waals surface area contributed by atoms with Crippen LogP contribution in [0.5, 0.6) is 0 Å². The third-order valence-electron chi connectivity index (χ3n) is 5.01. The van der Waals surface area contributed by atoms with E-state index >= 15 is 0 Å². The number of benzene rings is 1. The molecular weight excluding hydrogens is 399 g/mol. The lowest BCUT2D eigenvalue weighted by Gasteiger charge is -2.34. The highest BCUT2D eigenvalue weighted by Crippen LogP contribution is 2.31. The number of rotatable bonds is 7. The normalized spacial score (nSPS) is 17.6. The fourth-order valence-corrected chi connectivity index (χ4v) is 3.54. The molecule has 9 heteroatoms. The second-order valence-electron chi connectivity index (χ2n) is 7.25. The van der Waals surface area contributed by atoms with E-state index in [1.165, 1.54) is 18.2 Å². The summed E-state index contributed by atoms with van der Waals surface area (Å²) in [5, 5.41) is 5.38. The van der Waals surface area contributed by atoms with Crippen molar-refractivity contribution in [1.29, 1.82) is 0 Å². The highest BCUT2D eigenvalue weighted by molar-refractivity contribution is 5.88. The smallest absolute Gasteiger partial charge is 0.416 e. The molecule has 6 nitrogen and oxygen atoms in total. The Balaban J connectivity index is 1.56. The molecule has 2 aromatic rings. The minimum atomic E-state index is -4.44. The van der Waals surface area contributed by atoms with Crippen molar-refractivity contribution in [2.45, 2.75) is 38.5 Å². The first-order valence-electron chi connectivity index (χ1n) is 9.73. The van der Waals surface area contributed by atoms with Gasteiger partial charge in [-0.05, 0) is 37.1 Å². The number of aryl methyl sites for hydroxylation is 1. The van der Waals surface area contributed by atoms with Gasteiger partial charge in [-0.1, -0.05) is 18.2 Å². The minimum Gasteiger partial charge on any atom is -0.465 e. The molecule has 0 saturated carbocycles. The van der Waals surface area contributed by atoms with Crippen LogP contribution in [0.25, 0.3) is 0 Å². The molecule has 0 spiro atoms. The molecule has 1 aliphatic heterocycles. The Bertz CT molecular complexity index is 895. The van der Waals surface area contributed by atoms with Crippen LogP contribution in [0.15, 0.2) is 40.8 Å². The number of carbonyl (C=O) groups is 2. The zero-order valence-corrected chi connectivity index (χ0v) is 16.6. The predicted octanol–water partition coefficient (Wildman–Crippen LogP) is 2.66. The topological polar surface area (TPSA) is 74.6 Å². The maximum absolute atomic E-state index is 13.1. The number of piperazine rings is 1. The monoisotopic (exact) mass is 423 g/mol. The van der Waals surface area contributed by atoms with Crippen LogP contribution in [-0.2, 0) is 28.7 Å². The number of nitrogens with zero attached hydrogens (tertiary/aromatic N) is 1. The summed E-state index contributed by atoms with van der Waals surface area (Å²) in [6, 6.07) is 8.30. The van der Waals surface area contributed by atoms with Gasteiger partial charge < -0.3 is 15.1 Å². The maximum Gasteiger partial charge on any atom is 0.416 e. The standard InChI is InChI=1S/C21H24F3N3O3/c1-14-6-7-16(30-14)13-27-11-10-26-20(29)18(27)12-19(28)25-9-8-15-4-2-3-5-17(15)21(22,23)24/h2-7,18H,8-13H2,1H3,(H,25,28)(H,26,29). The number of hydrogen-bond acceptors (Lipinski definition) is 4. The molecule has 1 aromatic carbocycles. The number of amides is 2. The van der Waals surface area contributed by atoms with Gasteiger partial charge in [0.15, 0.2) is 0 Å². The zero-order valence-electron chi connectivity index (χ0n) is 16.6. The van der Waals surface area contributed by atoms with E-state index in [2.05, 4.69) is 10.6 Å². The number of hydrogen-bond donors (Lipinski definition) is 2. The maximum atomic E-state index is 13.1. The van der Waals surface area contributed by atoms with Gasteiger partial charge >= 0.3 is 6.18 Å². The fraction of sp³-hybridized carbons (Fsp3) is 0.429. The molecule has 1 aromatic heterocycles. The highest BCUT2D eigenvalue weighted by atomic mass is 19.4. The molecule has 2 heterocycles. The number of alkyl halides is 3. The van der Waals surface area contributed by atoms with Gasteiger partial charge in [-0.15, -0.1) is 0 Å². The number of halogens is 3. The average molecular weight is 423 g/mol. The summed E-state index contributed by atoms with van der Waals surface area (Å²) in [4.78, 5) is 26.5. The Kier molecular flexibility index (Phi) is 6.81. The molecule has 2 amide bonds. The van der Waals surface area contributed by atoms with Crippen LogP contribution in [0.4, 0.5) is 13.2 Å². The second kappa shape index (κ2) is 9.34. The van der Waals surface area contributed by atoms with Crippen molar-refractivity contribution < 1.29 is 27.2 Å². The van der Waals surface area contributed by atoms with Crippen molar-refractivity contribution in [3.8, 4) is 0 Å². The van der Waals surface area contributed by atoms with E-state index in [4.69, 9.17) is 4.42 Å². The van der Waals surface area contributed by atoms with E-state index in [1.807, 2.05) is 24.0 Å². The molecule has 0 bridgehead atoms. The molecule has 1 atom stereocenters. The van der Waals surface area contributed by atoms with Gasteiger partial charge in [0.2, 0.25) is 11.8 Å². The van der Waals surface area contributed by atoms with Crippen LogP contribution >= 0.6 is 0 Å². The Morgan fingerprint density at radius 1 is 1.27 bits per heavy atom. The summed E-state index contributed by atoms with van der Waals surface area (Å²) in [6.45, 7) is 3.33. The van der Waals surface area contributed by atoms with Gasteiger partial charge in [0, 0.05) is 19.6 Å². The zero-order chi connectivity index (χ0) is 21.7. The van der Waals surface area contributed by atoms with E-state index in [0.29, 0.717) is 25.4 Å². The highest BCUT2D eigenvalue weighted by Gasteiger charge is 2.33. The molecule has 1 fully saturated rings. The predicted molar refractivity (Wildman–Crippen MR) is 103 cm³/mol. The number of carbonyl (C=O) groups excluding carboxylic acids is 2. The molecule has 30 heavy (non-hydrogen) atoms. The molecule has 0 radical (unpaired) electrons. The van der Waals surface area contributed by atoms with Gasteiger partial charge in [0.05, 0.1) is 24.6 Å². The van der Waals surface area contributed by atoms with Crippen molar-refractivity contribution in [2.24, 2.45) is 0 Å². The molecule has 0 aliphatic carbocycles. The molecule has 1 aliphatic rings. The van der Waals surface area contributed by atoms with Gasteiger partial charge in [-0.2, -0.15) is 13.2 Å². The lowest BCUT2D eigenvalue weighted by Crippen LogP contribution is -2.56. The van der Waals surface area contributed by atoms with Gasteiger partial charge in [0.25, 0.3) is 0 Å². The first-order chi connectivity index (χ1) is 14.2. The number of furan rings is 1. The Morgan fingerprint density at radius 2 is 2.03 bits per heavy atom. The molecule has 1 unspecified atom stereocenters. The molecule has 1 saturated heterocycles. The Hall–Kier alpha value is -2.81.